The van der Waals surface area contributed by atoms with Crippen molar-refractivity contribution >= 4 is 23.8 Å². The number of pyridine rings is 1. The monoisotopic (exact) mass is 368 g/mol. The number of aromatic nitrogens is 1. The van der Waals surface area contributed by atoms with Crippen LogP contribution in [-0.4, -0.2) is 54.5 Å². The second-order valence-corrected chi connectivity index (χ2v) is 6.68. The lowest BCUT2D eigenvalue weighted by Gasteiger charge is -2.33. The van der Waals surface area contributed by atoms with Crippen LogP contribution in [0.1, 0.15) is 24.2 Å². The smallest absolute Gasteiger partial charge is 0.255 e. The molecule has 0 spiro atoms. The maximum absolute atomic E-state index is 12.6. The van der Waals surface area contributed by atoms with Crippen LogP contribution in [0.5, 0.6) is 5.75 Å². The van der Waals surface area contributed by atoms with Gasteiger partial charge in [-0.15, -0.1) is 0 Å². The quantitative estimate of drug-likeness (QED) is 0.793. The number of rotatable bonds is 6. The molecule has 27 heavy (non-hydrogen) atoms. The molecule has 1 fully saturated rings. The van der Waals surface area contributed by atoms with Gasteiger partial charge in [0.2, 0.25) is 6.41 Å². The molecule has 0 bridgehead atoms. The lowest BCUT2D eigenvalue weighted by Crippen LogP contribution is -2.46. The fourth-order valence-corrected chi connectivity index (χ4v) is 2.88. The van der Waals surface area contributed by atoms with E-state index in [1.807, 2.05) is 38.1 Å². The number of hydrogen-bond donors (Lipinski definition) is 1. The van der Waals surface area contributed by atoms with E-state index in [2.05, 4.69) is 15.2 Å². The van der Waals surface area contributed by atoms with Gasteiger partial charge in [-0.3, -0.25) is 9.59 Å². The van der Waals surface area contributed by atoms with Crippen molar-refractivity contribution in [1.82, 2.24) is 9.88 Å². The molecule has 142 valence electrons. The minimum atomic E-state index is -0.192. The van der Waals surface area contributed by atoms with Crippen LogP contribution in [-0.2, 0) is 4.79 Å². The summed E-state index contributed by atoms with van der Waals surface area (Å²) in [5, 5.41) is 2.89. The average Bonchev–Trinajstić information content (AvgIpc) is 2.69. The van der Waals surface area contributed by atoms with E-state index in [-0.39, 0.29) is 12.0 Å². The van der Waals surface area contributed by atoms with E-state index in [1.165, 1.54) is 0 Å². The van der Waals surface area contributed by atoms with Crippen molar-refractivity contribution in [2.45, 2.75) is 20.0 Å². The summed E-state index contributed by atoms with van der Waals surface area (Å²) in [6, 6.07) is 10.8. The van der Waals surface area contributed by atoms with Crippen LogP contribution in [0.15, 0.2) is 42.6 Å². The van der Waals surface area contributed by atoms with E-state index in [4.69, 9.17) is 4.74 Å². The molecule has 2 aromatic rings. The van der Waals surface area contributed by atoms with Crippen LogP contribution >= 0.6 is 0 Å². The Morgan fingerprint density at radius 1 is 1.15 bits per heavy atom. The summed E-state index contributed by atoms with van der Waals surface area (Å²) in [7, 11) is 0. The number of nitrogens with zero attached hydrogens (tertiary/aromatic N) is 3. The average molecular weight is 368 g/mol. The van der Waals surface area contributed by atoms with E-state index in [1.54, 1.807) is 23.2 Å². The second-order valence-electron chi connectivity index (χ2n) is 6.68. The number of nitrogens with one attached hydrogen (secondary N) is 1. The highest BCUT2D eigenvalue weighted by Gasteiger charge is 2.18. The largest absolute Gasteiger partial charge is 0.491 e. The van der Waals surface area contributed by atoms with Gasteiger partial charge in [-0.2, -0.15) is 0 Å². The lowest BCUT2D eigenvalue weighted by atomic mass is 10.2. The summed E-state index contributed by atoms with van der Waals surface area (Å²) in [4.78, 5) is 31.6. The maximum Gasteiger partial charge on any atom is 0.255 e. The minimum Gasteiger partial charge on any atom is -0.491 e. The van der Waals surface area contributed by atoms with Crippen LogP contribution in [0, 0.1) is 0 Å². The van der Waals surface area contributed by atoms with E-state index in [9.17, 15) is 9.59 Å². The summed E-state index contributed by atoms with van der Waals surface area (Å²) in [6.45, 7) is 6.66. The molecule has 1 saturated heterocycles. The van der Waals surface area contributed by atoms with Crippen molar-refractivity contribution in [2.24, 2.45) is 0 Å². The first-order chi connectivity index (χ1) is 13.0. The van der Waals surface area contributed by atoms with Crippen molar-refractivity contribution < 1.29 is 14.3 Å². The highest BCUT2D eigenvalue weighted by molar-refractivity contribution is 6.04. The number of ether oxygens (including phenoxy) is 1. The van der Waals surface area contributed by atoms with E-state index < -0.39 is 0 Å². The first-order valence-electron chi connectivity index (χ1n) is 9.03. The van der Waals surface area contributed by atoms with Crippen LogP contribution in [0.25, 0.3) is 0 Å². The molecule has 2 amide bonds. The van der Waals surface area contributed by atoms with Crippen molar-refractivity contribution in [3.63, 3.8) is 0 Å². The van der Waals surface area contributed by atoms with Gasteiger partial charge in [0.1, 0.15) is 11.6 Å². The van der Waals surface area contributed by atoms with Gasteiger partial charge < -0.3 is 19.9 Å². The Kier molecular flexibility index (Phi) is 5.90. The second kappa shape index (κ2) is 8.53. The molecule has 7 nitrogen and oxygen atoms in total. The van der Waals surface area contributed by atoms with E-state index in [0.29, 0.717) is 37.4 Å². The topological polar surface area (TPSA) is 74.8 Å². The summed E-state index contributed by atoms with van der Waals surface area (Å²) in [5.41, 5.74) is 1.24. The van der Waals surface area contributed by atoms with Gasteiger partial charge in [-0.25, -0.2) is 4.98 Å². The number of hydrogen-bond acceptors (Lipinski definition) is 5. The first-order valence-corrected chi connectivity index (χ1v) is 9.03. The molecule has 1 aromatic heterocycles. The zero-order valence-electron chi connectivity index (χ0n) is 15.6. The van der Waals surface area contributed by atoms with E-state index in [0.717, 1.165) is 18.0 Å². The summed E-state index contributed by atoms with van der Waals surface area (Å²) in [6.07, 6.45) is 2.61. The van der Waals surface area contributed by atoms with Gasteiger partial charge in [0.25, 0.3) is 5.91 Å². The Labute approximate surface area is 158 Å². The van der Waals surface area contributed by atoms with Crippen LogP contribution < -0.4 is 15.0 Å². The number of carbonyl (C=O) groups is 2. The van der Waals surface area contributed by atoms with Crippen LogP contribution in [0.4, 0.5) is 11.5 Å². The van der Waals surface area contributed by atoms with Crippen molar-refractivity contribution in [1.29, 1.82) is 0 Å². The number of amides is 2. The molecular formula is C20H24N4O3. The molecular weight excluding hydrogens is 344 g/mol. The number of piperazine rings is 1. The Morgan fingerprint density at radius 3 is 2.48 bits per heavy atom. The first kappa shape index (κ1) is 18.7. The zero-order chi connectivity index (χ0) is 19.2. The SMILES string of the molecule is CC(C)Oc1ccc(NC(=O)c2ccnc(N3CCN(C=O)CC3)c2)cc1. The summed E-state index contributed by atoms with van der Waals surface area (Å²) >= 11 is 0. The highest BCUT2D eigenvalue weighted by Crippen LogP contribution is 2.19. The Bertz CT molecular complexity index is 784. The fourth-order valence-electron chi connectivity index (χ4n) is 2.88. The minimum absolute atomic E-state index is 0.106. The molecule has 0 saturated carbocycles. The fraction of sp³-hybridized carbons (Fsp3) is 0.350. The van der Waals surface area contributed by atoms with Gasteiger partial charge in [0.05, 0.1) is 6.10 Å². The van der Waals surface area contributed by atoms with Gasteiger partial charge in [-0.1, -0.05) is 0 Å². The highest BCUT2D eigenvalue weighted by atomic mass is 16.5. The molecule has 7 heteroatoms. The number of carbonyl (C=O) groups excluding carboxylic acids is 2. The van der Waals surface area contributed by atoms with Gasteiger partial charge >= 0.3 is 0 Å². The standard InChI is InChI=1S/C20H24N4O3/c1-15(2)27-18-5-3-17(4-6-18)22-20(26)16-7-8-21-19(13-16)24-11-9-23(14-25)10-12-24/h3-8,13-15H,9-12H2,1-2H3,(H,22,26). The summed E-state index contributed by atoms with van der Waals surface area (Å²) < 4.78 is 5.61. The molecule has 0 unspecified atom stereocenters. The molecule has 0 atom stereocenters. The van der Waals surface area contributed by atoms with Gasteiger partial charge in [0, 0.05) is 43.6 Å². The third kappa shape index (κ3) is 4.97. The lowest BCUT2D eigenvalue weighted by molar-refractivity contribution is -0.118. The van der Waals surface area contributed by atoms with Crippen molar-refractivity contribution in [2.75, 3.05) is 36.4 Å². The zero-order valence-corrected chi connectivity index (χ0v) is 15.6. The van der Waals surface area contributed by atoms with E-state index >= 15 is 0 Å². The van der Waals surface area contributed by atoms with Crippen molar-refractivity contribution in [3.05, 3.63) is 48.2 Å². The molecule has 1 N–H and O–H groups in total. The molecule has 1 aliphatic rings. The van der Waals surface area contributed by atoms with Gasteiger partial charge in [0.15, 0.2) is 0 Å². The Balaban J connectivity index is 1.64. The number of benzene rings is 1. The molecule has 3 rings (SSSR count). The van der Waals surface area contributed by atoms with Crippen LogP contribution in [0.2, 0.25) is 0 Å². The molecule has 0 radical (unpaired) electrons. The Hall–Kier alpha value is -3.09. The number of anilines is 2. The molecule has 0 aliphatic carbocycles. The van der Waals surface area contributed by atoms with Crippen molar-refractivity contribution in [3.8, 4) is 5.75 Å². The predicted molar refractivity (Wildman–Crippen MR) is 104 cm³/mol. The normalized spacial score (nSPS) is 14.2. The predicted octanol–water partition coefficient (Wildman–Crippen LogP) is 2.40. The molecule has 1 aliphatic heterocycles. The molecule has 2 heterocycles. The Morgan fingerprint density at radius 2 is 1.85 bits per heavy atom. The molecule has 1 aromatic carbocycles. The maximum atomic E-state index is 12.6. The third-order valence-electron chi connectivity index (χ3n) is 4.28. The summed E-state index contributed by atoms with van der Waals surface area (Å²) in [5.74, 6) is 1.32. The van der Waals surface area contributed by atoms with Crippen LogP contribution in [0.3, 0.4) is 0 Å². The van der Waals surface area contributed by atoms with Gasteiger partial charge in [-0.05, 0) is 50.2 Å². The third-order valence-corrected chi connectivity index (χ3v) is 4.28.